The molecule has 3 saturated heterocycles. The predicted octanol–water partition coefficient (Wildman–Crippen LogP) is 4.89. The Morgan fingerprint density at radius 3 is 2.38 bits per heavy atom. The molecule has 0 unspecified atom stereocenters. The molecule has 0 atom stereocenters. The van der Waals surface area contributed by atoms with Crippen molar-refractivity contribution >= 4 is 34.4 Å². The van der Waals surface area contributed by atoms with E-state index in [1.807, 2.05) is 48.2 Å². The number of imide groups is 1. The molecule has 0 aliphatic carbocycles. The smallest absolute Gasteiger partial charge is 0.328 e. The van der Waals surface area contributed by atoms with Crippen molar-refractivity contribution in [3.05, 3.63) is 65.4 Å². The van der Waals surface area contributed by atoms with Gasteiger partial charge in [-0.3, -0.25) is 19.8 Å². The van der Waals surface area contributed by atoms with Gasteiger partial charge < -0.3 is 14.4 Å². The molecule has 3 fully saturated rings. The number of likely N-dealkylation sites (tertiary alicyclic amines) is 2. The van der Waals surface area contributed by atoms with Gasteiger partial charge in [-0.15, -0.1) is 0 Å². The van der Waals surface area contributed by atoms with Crippen molar-refractivity contribution in [2.45, 2.75) is 52.0 Å². The van der Waals surface area contributed by atoms with Gasteiger partial charge in [0.1, 0.15) is 0 Å². The minimum atomic E-state index is -0.340. The largest absolute Gasteiger partial charge is 0.342 e. The van der Waals surface area contributed by atoms with Gasteiger partial charge in [-0.25, -0.2) is 4.79 Å². The van der Waals surface area contributed by atoms with E-state index in [9.17, 15) is 14.4 Å². The normalized spacial score (nSPS) is 19.9. The van der Waals surface area contributed by atoms with Crippen LogP contribution in [-0.2, 0) is 4.79 Å². The second-order valence-electron chi connectivity index (χ2n) is 11.8. The number of nitrogens with one attached hydrogen (secondary N) is 1. The molecule has 0 bridgehead atoms. The fourth-order valence-electron chi connectivity index (χ4n) is 6.89. The molecule has 4 heterocycles. The monoisotopic (exact) mass is 541 g/mol. The number of amides is 4. The zero-order valence-electron chi connectivity index (χ0n) is 23.6. The summed E-state index contributed by atoms with van der Waals surface area (Å²) in [6.45, 7) is 9.53. The average molecular weight is 542 g/mol. The van der Waals surface area contributed by atoms with Crippen molar-refractivity contribution < 1.29 is 14.4 Å². The van der Waals surface area contributed by atoms with Crippen LogP contribution in [0, 0.1) is 19.8 Å². The SMILES string of the molecule is Cc1cccc(C(=O)N2CCC(CN3CCC(n4c(C)cc5c(N6CCC(=O)NC6=O)cccc54)CC3)CC2)c1. The van der Waals surface area contributed by atoms with Crippen LogP contribution < -0.4 is 10.2 Å². The minimum absolute atomic E-state index is 0.162. The first-order valence-corrected chi connectivity index (χ1v) is 14.7. The van der Waals surface area contributed by atoms with Gasteiger partial charge in [0.05, 0.1) is 11.2 Å². The number of anilines is 1. The van der Waals surface area contributed by atoms with E-state index in [2.05, 4.69) is 33.8 Å². The van der Waals surface area contributed by atoms with E-state index in [0.29, 0.717) is 24.9 Å². The Kier molecular flexibility index (Phi) is 7.36. The lowest BCUT2D eigenvalue weighted by Gasteiger charge is -2.38. The molecule has 1 N–H and O–H groups in total. The summed E-state index contributed by atoms with van der Waals surface area (Å²) in [5.41, 5.74) is 5.16. The van der Waals surface area contributed by atoms with Gasteiger partial charge in [0.15, 0.2) is 0 Å². The van der Waals surface area contributed by atoms with E-state index in [1.165, 1.54) is 5.69 Å². The molecule has 4 amide bonds. The van der Waals surface area contributed by atoms with Gasteiger partial charge >= 0.3 is 6.03 Å². The Morgan fingerprint density at radius 2 is 1.65 bits per heavy atom. The topological polar surface area (TPSA) is 77.9 Å². The van der Waals surface area contributed by atoms with Gasteiger partial charge in [-0.05, 0) is 75.8 Å². The van der Waals surface area contributed by atoms with E-state index in [0.717, 1.165) is 86.1 Å². The quantitative estimate of drug-likeness (QED) is 0.499. The van der Waals surface area contributed by atoms with E-state index >= 15 is 0 Å². The molecular formula is C32H39N5O3. The fourth-order valence-corrected chi connectivity index (χ4v) is 6.89. The first-order chi connectivity index (χ1) is 19.4. The summed E-state index contributed by atoms with van der Waals surface area (Å²) < 4.78 is 2.46. The number of rotatable bonds is 5. The molecule has 6 rings (SSSR count). The number of piperidine rings is 2. The van der Waals surface area contributed by atoms with Gasteiger partial charge in [0.2, 0.25) is 5.91 Å². The van der Waals surface area contributed by atoms with E-state index in [4.69, 9.17) is 0 Å². The first kappa shape index (κ1) is 26.6. The Bertz CT molecular complexity index is 1430. The van der Waals surface area contributed by atoms with Crippen LogP contribution in [0.2, 0.25) is 0 Å². The number of urea groups is 1. The van der Waals surface area contributed by atoms with E-state index in [-0.39, 0.29) is 17.8 Å². The van der Waals surface area contributed by atoms with Crippen LogP contribution >= 0.6 is 0 Å². The molecule has 1 aromatic heterocycles. The third kappa shape index (κ3) is 5.24. The number of hydrogen-bond donors (Lipinski definition) is 1. The fraction of sp³-hybridized carbons (Fsp3) is 0.469. The maximum Gasteiger partial charge on any atom is 0.328 e. The summed E-state index contributed by atoms with van der Waals surface area (Å²) in [6.07, 6.45) is 4.65. The van der Waals surface area contributed by atoms with E-state index in [1.54, 1.807) is 4.90 Å². The van der Waals surface area contributed by atoms with Gasteiger partial charge in [-0.2, -0.15) is 0 Å². The molecule has 210 valence electrons. The van der Waals surface area contributed by atoms with Crippen LogP contribution in [0.3, 0.4) is 0 Å². The summed E-state index contributed by atoms with van der Waals surface area (Å²) >= 11 is 0. The van der Waals surface area contributed by atoms with Crippen molar-refractivity contribution in [3.8, 4) is 0 Å². The Labute approximate surface area is 235 Å². The molecule has 2 aromatic carbocycles. The standard InChI is InChI=1S/C32H39N5O3/c1-22-5-3-6-25(19-22)31(39)35-16-9-24(10-17-35)21-34-14-11-26(12-15-34)37-23(2)20-27-28(7-4-8-29(27)37)36-18-13-30(38)33-32(36)40/h3-8,19-20,24,26H,9-18,21H2,1-2H3,(H,33,38,40). The van der Waals surface area contributed by atoms with Crippen LogP contribution in [0.25, 0.3) is 10.9 Å². The predicted molar refractivity (Wildman–Crippen MR) is 157 cm³/mol. The number of aromatic nitrogens is 1. The zero-order valence-corrected chi connectivity index (χ0v) is 23.6. The molecule has 0 radical (unpaired) electrons. The summed E-state index contributed by atoms with van der Waals surface area (Å²) in [5, 5.41) is 3.52. The van der Waals surface area contributed by atoms with Crippen molar-refractivity contribution in [3.63, 3.8) is 0 Å². The first-order valence-electron chi connectivity index (χ1n) is 14.7. The third-order valence-electron chi connectivity index (χ3n) is 9.00. The number of carbonyl (C=O) groups is 3. The molecule has 8 nitrogen and oxygen atoms in total. The van der Waals surface area contributed by atoms with Crippen molar-refractivity contribution in [2.24, 2.45) is 5.92 Å². The lowest BCUT2D eigenvalue weighted by Crippen LogP contribution is -2.49. The second-order valence-corrected chi connectivity index (χ2v) is 11.8. The number of carbonyl (C=O) groups excluding carboxylic acids is 3. The summed E-state index contributed by atoms with van der Waals surface area (Å²) in [4.78, 5) is 43.4. The van der Waals surface area contributed by atoms with Gasteiger partial charge in [0.25, 0.3) is 5.91 Å². The van der Waals surface area contributed by atoms with Crippen LogP contribution in [0.1, 0.15) is 59.8 Å². The van der Waals surface area contributed by atoms with Crippen LogP contribution in [0.5, 0.6) is 0 Å². The highest BCUT2D eigenvalue weighted by atomic mass is 16.2. The summed E-state index contributed by atoms with van der Waals surface area (Å²) in [5.74, 6) is 0.586. The molecule has 0 spiro atoms. The summed E-state index contributed by atoms with van der Waals surface area (Å²) in [7, 11) is 0. The van der Waals surface area contributed by atoms with Crippen LogP contribution in [0.15, 0.2) is 48.5 Å². The Balaban J connectivity index is 1.06. The summed E-state index contributed by atoms with van der Waals surface area (Å²) in [6, 6.07) is 16.3. The van der Waals surface area contributed by atoms with Crippen LogP contribution in [0.4, 0.5) is 10.5 Å². The van der Waals surface area contributed by atoms with Gasteiger partial charge in [-0.1, -0.05) is 23.8 Å². The Morgan fingerprint density at radius 1 is 0.900 bits per heavy atom. The minimum Gasteiger partial charge on any atom is -0.342 e. The number of nitrogens with zero attached hydrogens (tertiary/aromatic N) is 4. The van der Waals surface area contributed by atoms with E-state index < -0.39 is 0 Å². The number of aryl methyl sites for hydroxylation is 2. The maximum absolute atomic E-state index is 12.9. The lowest BCUT2D eigenvalue weighted by molar-refractivity contribution is -0.120. The molecule has 3 aliphatic rings. The Hall–Kier alpha value is -3.65. The van der Waals surface area contributed by atoms with Crippen molar-refractivity contribution in [1.29, 1.82) is 0 Å². The number of benzene rings is 2. The highest BCUT2D eigenvalue weighted by molar-refractivity contribution is 6.09. The molecule has 0 saturated carbocycles. The highest BCUT2D eigenvalue weighted by Crippen LogP contribution is 2.36. The molecule has 8 heteroatoms. The zero-order chi connectivity index (χ0) is 27.8. The molecule has 3 aromatic rings. The van der Waals surface area contributed by atoms with Crippen molar-refractivity contribution in [1.82, 2.24) is 19.7 Å². The maximum atomic E-state index is 12.9. The highest BCUT2D eigenvalue weighted by Gasteiger charge is 2.30. The van der Waals surface area contributed by atoms with Crippen molar-refractivity contribution in [2.75, 3.05) is 44.2 Å². The number of hydrogen-bond acceptors (Lipinski definition) is 4. The molecular weight excluding hydrogens is 502 g/mol. The number of fused-ring (bicyclic) bond motifs is 1. The molecule has 3 aliphatic heterocycles. The van der Waals surface area contributed by atoms with Crippen LogP contribution in [-0.4, -0.2) is 71.5 Å². The average Bonchev–Trinajstić information content (AvgIpc) is 3.29. The van der Waals surface area contributed by atoms with Gasteiger partial charge in [0, 0.05) is 68.4 Å². The molecule has 40 heavy (non-hydrogen) atoms. The third-order valence-corrected chi connectivity index (χ3v) is 9.00. The second kappa shape index (κ2) is 11.1. The lowest BCUT2D eigenvalue weighted by atomic mass is 9.94.